The molecule has 0 fully saturated rings. The van der Waals surface area contributed by atoms with E-state index in [1.807, 2.05) is 31.2 Å². The number of rotatable bonds is 4. The van der Waals surface area contributed by atoms with Crippen LogP contribution in [-0.2, 0) is 11.3 Å². The average molecular weight is 257 g/mol. The SMILES string of the molecule is CCC(=O)NCc1ccc(-c2nnc(C)nn2)cc1. The van der Waals surface area contributed by atoms with Gasteiger partial charge in [0.2, 0.25) is 11.7 Å². The lowest BCUT2D eigenvalue weighted by Crippen LogP contribution is -2.21. The Morgan fingerprint density at radius 1 is 1.11 bits per heavy atom. The standard InChI is InChI=1S/C13H15N5O/c1-3-12(19)14-8-10-4-6-11(7-5-10)13-17-15-9(2)16-18-13/h4-7H,3,8H2,1-2H3,(H,14,19). The quantitative estimate of drug-likeness (QED) is 0.892. The van der Waals surface area contributed by atoms with Crippen LogP contribution in [0.1, 0.15) is 24.7 Å². The van der Waals surface area contributed by atoms with Gasteiger partial charge < -0.3 is 5.32 Å². The molecule has 0 aliphatic rings. The zero-order chi connectivity index (χ0) is 13.7. The molecule has 0 radical (unpaired) electrons. The molecule has 1 aromatic heterocycles. The predicted octanol–water partition coefficient (Wildman–Crippen LogP) is 1.27. The van der Waals surface area contributed by atoms with E-state index in [2.05, 4.69) is 25.7 Å². The molecule has 2 rings (SSSR count). The molecule has 0 aliphatic carbocycles. The van der Waals surface area contributed by atoms with E-state index in [-0.39, 0.29) is 5.91 Å². The summed E-state index contributed by atoms with van der Waals surface area (Å²) >= 11 is 0. The summed E-state index contributed by atoms with van der Waals surface area (Å²) in [5.41, 5.74) is 1.88. The van der Waals surface area contributed by atoms with Crippen LogP contribution in [0.2, 0.25) is 0 Å². The zero-order valence-corrected chi connectivity index (χ0v) is 10.9. The first-order valence-corrected chi connectivity index (χ1v) is 6.09. The highest BCUT2D eigenvalue weighted by molar-refractivity contribution is 5.75. The van der Waals surface area contributed by atoms with Gasteiger partial charge in [0, 0.05) is 18.5 Å². The first-order chi connectivity index (χ1) is 9.19. The second-order valence-corrected chi connectivity index (χ2v) is 4.10. The normalized spacial score (nSPS) is 10.2. The maximum atomic E-state index is 11.2. The number of carbonyl (C=O) groups excluding carboxylic acids is 1. The van der Waals surface area contributed by atoms with Crippen molar-refractivity contribution in [1.29, 1.82) is 0 Å². The molecule has 1 heterocycles. The second kappa shape index (κ2) is 5.99. The molecule has 6 nitrogen and oxygen atoms in total. The summed E-state index contributed by atoms with van der Waals surface area (Å²) in [5.74, 6) is 1.08. The Labute approximate surface area is 111 Å². The van der Waals surface area contributed by atoms with E-state index < -0.39 is 0 Å². The van der Waals surface area contributed by atoms with E-state index in [0.717, 1.165) is 11.1 Å². The zero-order valence-electron chi connectivity index (χ0n) is 10.9. The van der Waals surface area contributed by atoms with Crippen LogP contribution in [0.4, 0.5) is 0 Å². The summed E-state index contributed by atoms with van der Waals surface area (Å²) in [5, 5.41) is 18.5. The molecule has 19 heavy (non-hydrogen) atoms. The van der Waals surface area contributed by atoms with E-state index in [0.29, 0.717) is 24.6 Å². The molecule has 0 aliphatic heterocycles. The topological polar surface area (TPSA) is 80.7 Å². The Hall–Kier alpha value is -2.37. The maximum Gasteiger partial charge on any atom is 0.219 e. The van der Waals surface area contributed by atoms with Gasteiger partial charge in [0.05, 0.1) is 0 Å². The van der Waals surface area contributed by atoms with E-state index in [1.165, 1.54) is 0 Å². The number of nitrogens with zero attached hydrogens (tertiary/aromatic N) is 4. The van der Waals surface area contributed by atoms with Crippen LogP contribution >= 0.6 is 0 Å². The van der Waals surface area contributed by atoms with Crippen LogP contribution < -0.4 is 5.32 Å². The van der Waals surface area contributed by atoms with Crippen molar-refractivity contribution in [2.45, 2.75) is 26.8 Å². The third-order valence-electron chi connectivity index (χ3n) is 2.60. The Kier molecular flexibility index (Phi) is 4.12. The summed E-state index contributed by atoms with van der Waals surface area (Å²) in [6.45, 7) is 4.09. The lowest BCUT2D eigenvalue weighted by molar-refractivity contribution is -0.120. The Balaban J connectivity index is 2.06. The average Bonchev–Trinajstić information content (AvgIpc) is 2.46. The van der Waals surface area contributed by atoms with Crippen LogP contribution in [0.15, 0.2) is 24.3 Å². The van der Waals surface area contributed by atoms with Crippen molar-refractivity contribution in [2.75, 3.05) is 0 Å². The van der Waals surface area contributed by atoms with Gasteiger partial charge in [-0.3, -0.25) is 4.79 Å². The van der Waals surface area contributed by atoms with E-state index >= 15 is 0 Å². The molecule has 0 spiro atoms. The maximum absolute atomic E-state index is 11.2. The minimum atomic E-state index is 0.0411. The highest BCUT2D eigenvalue weighted by Crippen LogP contribution is 2.13. The smallest absolute Gasteiger partial charge is 0.219 e. The molecule has 0 saturated carbocycles. The molecule has 1 aromatic carbocycles. The van der Waals surface area contributed by atoms with Gasteiger partial charge in [-0.15, -0.1) is 20.4 Å². The highest BCUT2D eigenvalue weighted by atomic mass is 16.1. The molecule has 1 N–H and O–H groups in total. The first kappa shape index (κ1) is 13.1. The molecular formula is C13H15N5O. The number of amides is 1. The minimum Gasteiger partial charge on any atom is -0.352 e. The van der Waals surface area contributed by atoms with Gasteiger partial charge in [-0.25, -0.2) is 0 Å². The van der Waals surface area contributed by atoms with Gasteiger partial charge in [-0.1, -0.05) is 31.2 Å². The number of carbonyl (C=O) groups is 1. The third kappa shape index (κ3) is 3.54. The Bertz CT molecular complexity index is 550. The number of benzene rings is 1. The van der Waals surface area contributed by atoms with Gasteiger partial charge in [-0.05, 0) is 12.5 Å². The second-order valence-electron chi connectivity index (χ2n) is 4.10. The minimum absolute atomic E-state index is 0.0411. The molecule has 2 aromatic rings. The Morgan fingerprint density at radius 2 is 1.74 bits per heavy atom. The molecule has 98 valence electrons. The first-order valence-electron chi connectivity index (χ1n) is 6.09. The highest BCUT2D eigenvalue weighted by Gasteiger charge is 2.03. The number of hydrogen-bond acceptors (Lipinski definition) is 5. The van der Waals surface area contributed by atoms with Crippen molar-refractivity contribution >= 4 is 5.91 Å². The van der Waals surface area contributed by atoms with Crippen LogP contribution in [0, 0.1) is 6.92 Å². The molecule has 6 heteroatoms. The monoisotopic (exact) mass is 257 g/mol. The lowest BCUT2D eigenvalue weighted by atomic mass is 10.1. The molecular weight excluding hydrogens is 242 g/mol. The third-order valence-corrected chi connectivity index (χ3v) is 2.60. The fraction of sp³-hybridized carbons (Fsp3) is 0.308. The van der Waals surface area contributed by atoms with E-state index in [4.69, 9.17) is 0 Å². The van der Waals surface area contributed by atoms with Crippen LogP contribution in [0.3, 0.4) is 0 Å². The van der Waals surface area contributed by atoms with Crippen molar-refractivity contribution in [3.63, 3.8) is 0 Å². The van der Waals surface area contributed by atoms with Gasteiger partial charge in [0.1, 0.15) is 0 Å². The van der Waals surface area contributed by atoms with Crippen LogP contribution in [0.5, 0.6) is 0 Å². The van der Waals surface area contributed by atoms with Gasteiger partial charge in [0.25, 0.3) is 0 Å². The fourth-order valence-corrected chi connectivity index (χ4v) is 1.49. The van der Waals surface area contributed by atoms with Gasteiger partial charge in [0.15, 0.2) is 5.82 Å². The summed E-state index contributed by atoms with van der Waals surface area (Å²) in [4.78, 5) is 11.2. The number of aromatic nitrogens is 4. The van der Waals surface area contributed by atoms with Crippen LogP contribution in [-0.4, -0.2) is 26.3 Å². The molecule has 0 bridgehead atoms. The lowest BCUT2D eigenvalue weighted by Gasteiger charge is -2.04. The molecule has 0 unspecified atom stereocenters. The van der Waals surface area contributed by atoms with Gasteiger partial charge >= 0.3 is 0 Å². The van der Waals surface area contributed by atoms with Crippen molar-refractivity contribution in [1.82, 2.24) is 25.7 Å². The summed E-state index contributed by atoms with van der Waals surface area (Å²) < 4.78 is 0. The number of nitrogens with one attached hydrogen (secondary N) is 1. The number of aryl methyl sites for hydroxylation is 1. The summed E-state index contributed by atoms with van der Waals surface area (Å²) in [7, 11) is 0. The number of hydrogen-bond donors (Lipinski definition) is 1. The largest absolute Gasteiger partial charge is 0.352 e. The fourth-order valence-electron chi connectivity index (χ4n) is 1.49. The van der Waals surface area contributed by atoms with E-state index in [1.54, 1.807) is 6.92 Å². The van der Waals surface area contributed by atoms with Crippen LogP contribution in [0.25, 0.3) is 11.4 Å². The Morgan fingerprint density at radius 3 is 2.32 bits per heavy atom. The van der Waals surface area contributed by atoms with Crippen molar-refractivity contribution in [3.8, 4) is 11.4 Å². The van der Waals surface area contributed by atoms with Crippen molar-refractivity contribution in [3.05, 3.63) is 35.7 Å². The van der Waals surface area contributed by atoms with Crippen molar-refractivity contribution in [2.24, 2.45) is 0 Å². The van der Waals surface area contributed by atoms with E-state index in [9.17, 15) is 4.79 Å². The van der Waals surface area contributed by atoms with Crippen molar-refractivity contribution < 1.29 is 4.79 Å². The molecule has 0 atom stereocenters. The van der Waals surface area contributed by atoms with Gasteiger partial charge in [-0.2, -0.15) is 0 Å². The summed E-state index contributed by atoms with van der Waals surface area (Å²) in [6, 6.07) is 7.63. The molecule has 0 saturated heterocycles. The predicted molar refractivity (Wildman–Crippen MR) is 69.9 cm³/mol. The summed E-state index contributed by atoms with van der Waals surface area (Å²) in [6.07, 6.45) is 0.493. The molecule has 1 amide bonds.